The molecule has 4 saturated carbocycles. The van der Waals surface area contributed by atoms with Crippen LogP contribution >= 0.6 is 0 Å². The van der Waals surface area contributed by atoms with Gasteiger partial charge in [-0.1, -0.05) is 136 Å². The monoisotopic (exact) mass is 816 g/mol. The SMILES string of the molecule is C[C@]12CCCC[C@@H]1CC[C@H]1[C@H]2CC[C@@]2(C)[C@@H]1CC[C@@]2(O)C[n+]1c(-c2ccccc2)cc(-c2ccc(N3N=C(c4ccccc4)C[C@@H]3c3ccccc3)cc2)cc1-c1ccccc1. The Morgan fingerprint density at radius 3 is 1.82 bits per heavy atom. The minimum Gasteiger partial charge on any atom is -0.383 e. The lowest BCUT2D eigenvalue weighted by Gasteiger charge is -2.61. The first-order valence-electron chi connectivity index (χ1n) is 23.8. The van der Waals surface area contributed by atoms with Crippen LogP contribution in [0.2, 0.25) is 0 Å². The number of rotatable bonds is 8. The predicted molar refractivity (Wildman–Crippen MR) is 253 cm³/mol. The van der Waals surface area contributed by atoms with Crippen molar-refractivity contribution in [2.24, 2.45) is 39.6 Å². The normalized spacial score (nSPS) is 30.3. The van der Waals surface area contributed by atoms with Crippen molar-refractivity contribution < 1.29 is 9.67 Å². The second-order valence-electron chi connectivity index (χ2n) is 20.2. The van der Waals surface area contributed by atoms with Crippen LogP contribution in [0.5, 0.6) is 0 Å². The maximum atomic E-state index is 13.4. The molecule has 0 radical (unpaired) electrons. The van der Waals surface area contributed by atoms with E-state index in [1.165, 1.54) is 72.8 Å². The molecule has 2 heterocycles. The predicted octanol–water partition coefficient (Wildman–Crippen LogP) is 13.5. The zero-order chi connectivity index (χ0) is 41.9. The fraction of sp³-hybridized carbons (Fsp3) is 0.379. The fourth-order valence-electron chi connectivity index (χ4n) is 13.9. The van der Waals surface area contributed by atoms with Gasteiger partial charge >= 0.3 is 0 Å². The Morgan fingerprint density at radius 2 is 1.18 bits per heavy atom. The summed E-state index contributed by atoms with van der Waals surface area (Å²) in [6.07, 6.45) is 13.7. The minimum atomic E-state index is -0.808. The standard InChI is InChI=1S/C58H62N3O/c1-56-34-16-15-25-47(56)28-31-49-50(56)32-35-57(2)51(49)33-36-58(57,62)40-60-53(43-19-9-4-10-20-43)37-46(38-54(60)44-21-11-5-12-22-44)41-26-29-48(30-27-41)61-55(45-23-13-6-14-24-45)39-52(59-61)42-17-7-3-8-18-42/h3-14,17-24,26-27,29-30,37-38,47,49-51,55,62H,15-16,25,28,31-36,39-40H2,1-2H3/q+1/t47-,49+,50-,51-,55-,56+,57+,58-/m1/s1. The fourth-order valence-corrected chi connectivity index (χ4v) is 13.9. The van der Waals surface area contributed by atoms with E-state index >= 15 is 0 Å². The number of nitrogens with zero attached hydrogens (tertiary/aromatic N) is 3. The molecule has 4 heteroatoms. The molecule has 1 aliphatic heterocycles. The highest BCUT2D eigenvalue weighted by atomic mass is 16.3. The van der Waals surface area contributed by atoms with Crippen molar-refractivity contribution in [3.8, 4) is 33.6 Å². The Kier molecular flexibility index (Phi) is 10.1. The first kappa shape index (κ1) is 39.5. The number of hydrogen-bond donors (Lipinski definition) is 1. The summed E-state index contributed by atoms with van der Waals surface area (Å²) in [6, 6.07) is 57.1. The Balaban J connectivity index is 0.974. The van der Waals surface area contributed by atoms with Crippen LogP contribution in [0.1, 0.15) is 102 Å². The lowest BCUT2D eigenvalue weighted by molar-refractivity contribution is -0.692. The van der Waals surface area contributed by atoms with Gasteiger partial charge in [0.05, 0.1) is 17.4 Å². The number of benzene rings is 5. The molecule has 0 unspecified atom stereocenters. The highest BCUT2D eigenvalue weighted by Gasteiger charge is 2.65. The molecule has 4 aliphatic carbocycles. The molecule has 11 rings (SSSR count). The van der Waals surface area contributed by atoms with E-state index in [9.17, 15) is 5.11 Å². The molecule has 0 saturated heterocycles. The Morgan fingerprint density at radius 1 is 0.581 bits per heavy atom. The van der Waals surface area contributed by atoms with Crippen LogP contribution in [0.3, 0.4) is 0 Å². The van der Waals surface area contributed by atoms with Crippen molar-refractivity contribution in [3.63, 3.8) is 0 Å². The maximum Gasteiger partial charge on any atom is 0.213 e. The van der Waals surface area contributed by atoms with Crippen LogP contribution in [-0.4, -0.2) is 16.4 Å². The number of hydrazone groups is 1. The lowest BCUT2D eigenvalue weighted by atomic mass is 9.44. The van der Waals surface area contributed by atoms with Gasteiger partial charge in [-0.15, -0.1) is 0 Å². The molecule has 0 bridgehead atoms. The summed E-state index contributed by atoms with van der Waals surface area (Å²) in [4.78, 5) is 0. The van der Waals surface area contributed by atoms with Crippen LogP contribution in [-0.2, 0) is 6.54 Å². The Hall–Kier alpha value is -5.32. The molecule has 0 amide bonds. The number of hydrogen-bond acceptors (Lipinski definition) is 3. The summed E-state index contributed by atoms with van der Waals surface area (Å²) in [6.45, 7) is 5.75. The quantitative estimate of drug-likeness (QED) is 0.155. The number of anilines is 1. The molecule has 1 N–H and O–H groups in total. The zero-order valence-electron chi connectivity index (χ0n) is 36.7. The number of fused-ring (bicyclic) bond motifs is 5. The molecule has 6 aromatic rings. The topological polar surface area (TPSA) is 39.7 Å². The van der Waals surface area contributed by atoms with Gasteiger partial charge in [-0.05, 0) is 139 Å². The number of pyridine rings is 1. The van der Waals surface area contributed by atoms with E-state index in [1.54, 1.807) is 0 Å². The van der Waals surface area contributed by atoms with Crippen LogP contribution in [0.15, 0.2) is 163 Å². The summed E-state index contributed by atoms with van der Waals surface area (Å²) in [5, 5.41) is 20.9. The maximum absolute atomic E-state index is 13.4. The molecule has 62 heavy (non-hydrogen) atoms. The van der Waals surface area contributed by atoms with E-state index in [-0.39, 0.29) is 11.5 Å². The van der Waals surface area contributed by atoms with E-state index in [2.05, 4.69) is 181 Å². The van der Waals surface area contributed by atoms with Gasteiger partial charge in [0.25, 0.3) is 0 Å². The second-order valence-corrected chi connectivity index (χ2v) is 20.2. The average molecular weight is 817 g/mol. The van der Waals surface area contributed by atoms with E-state index < -0.39 is 5.60 Å². The van der Waals surface area contributed by atoms with E-state index in [4.69, 9.17) is 5.10 Å². The molecule has 1 aromatic heterocycles. The van der Waals surface area contributed by atoms with Gasteiger partial charge in [0, 0.05) is 35.1 Å². The minimum absolute atomic E-state index is 0.116. The van der Waals surface area contributed by atoms with Gasteiger partial charge in [-0.3, -0.25) is 5.01 Å². The largest absolute Gasteiger partial charge is 0.383 e. The average Bonchev–Trinajstić information content (AvgIpc) is 3.89. The first-order chi connectivity index (χ1) is 30.3. The second kappa shape index (κ2) is 15.8. The number of aliphatic hydroxyl groups is 1. The third kappa shape index (κ3) is 6.67. The molecule has 8 atom stereocenters. The molecular formula is C58H62N3O+. The van der Waals surface area contributed by atoms with Crippen LogP contribution in [0.25, 0.3) is 33.6 Å². The van der Waals surface area contributed by atoms with Crippen LogP contribution < -0.4 is 9.58 Å². The molecule has 4 nitrogen and oxygen atoms in total. The third-order valence-corrected chi connectivity index (χ3v) is 17.3. The smallest absolute Gasteiger partial charge is 0.213 e. The molecule has 0 spiro atoms. The molecule has 4 fully saturated rings. The van der Waals surface area contributed by atoms with E-state index in [1.807, 2.05) is 0 Å². The Bertz CT molecular complexity index is 2500. The third-order valence-electron chi connectivity index (χ3n) is 17.3. The van der Waals surface area contributed by atoms with Crippen LogP contribution in [0, 0.1) is 34.5 Å². The summed E-state index contributed by atoms with van der Waals surface area (Å²) in [5.74, 6) is 3.03. The van der Waals surface area contributed by atoms with Crippen molar-refractivity contribution in [2.45, 2.75) is 103 Å². The summed E-state index contributed by atoms with van der Waals surface area (Å²) in [5.41, 5.74) is 11.2. The van der Waals surface area contributed by atoms with E-state index in [0.717, 1.165) is 71.8 Å². The van der Waals surface area contributed by atoms with Gasteiger partial charge in [-0.25, -0.2) is 0 Å². The van der Waals surface area contributed by atoms with Gasteiger partial charge in [0.2, 0.25) is 11.4 Å². The zero-order valence-corrected chi connectivity index (χ0v) is 36.7. The van der Waals surface area contributed by atoms with Gasteiger partial charge in [-0.2, -0.15) is 9.67 Å². The van der Waals surface area contributed by atoms with Crippen LogP contribution in [0.4, 0.5) is 5.69 Å². The molecule has 314 valence electrons. The Labute approximate surface area is 369 Å². The van der Waals surface area contributed by atoms with E-state index in [0.29, 0.717) is 17.9 Å². The van der Waals surface area contributed by atoms with Crippen molar-refractivity contribution in [1.29, 1.82) is 0 Å². The molecular weight excluding hydrogens is 755 g/mol. The highest BCUT2D eigenvalue weighted by Crippen LogP contribution is 2.68. The highest BCUT2D eigenvalue weighted by molar-refractivity contribution is 6.03. The summed E-state index contributed by atoms with van der Waals surface area (Å²) < 4.78 is 2.50. The van der Waals surface area contributed by atoms with Crippen molar-refractivity contribution >= 4 is 11.4 Å². The summed E-state index contributed by atoms with van der Waals surface area (Å²) >= 11 is 0. The lowest BCUT2D eigenvalue weighted by Crippen LogP contribution is -2.60. The van der Waals surface area contributed by atoms with Gasteiger partial charge in [0.1, 0.15) is 5.60 Å². The van der Waals surface area contributed by atoms with Crippen molar-refractivity contribution in [3.05, 3.63) is 169 Å². The molecule has 5 aliphatic rings. The number of aromatic nitrogens is 1. The van der Waals surface area contributed by atoms with Gasteiger partial charge < -0.3 is 5.11 Å². The van der Waals surface area contributed by atoms with Crippen molar-refractivity contribution in [2.75, 3.05) is 5.01 Å². The summed E-state index contributed by atoms with van der Waals surface area (Å²) in [7, 11) is 0. The molecule has 5 aromatic carbocycles. The van der Waals surface area contributed by atoms with Crippen molar-refractivity contribution in [1.82, 2.24) is 0 Å². The first-order valence-corrected chi connectivity index (χ1v) is 23.8. The van der Waals surface area contributed by atoms with Gasteiger partial charge in [0.15, 0.2) is 6.54 Å².